The number of rotatable bonds is 7. The van der Waals surface area contributed by atoms with Gasteiger partial charge in [-0.1, -0.05) is 6.92 Å². The summed E-state index contributed by atoms with van der Waals surface area (Å²) in [6.07, 6.45) is 0. The number of nitrogens with one attached hydrogen (secondary N) is 1. The number of methoxy groups -OCH3 is 1. The van der Waals surface area contributed by atoms with Gasteiger partial charge in [0.1, 0.15) is 0 Å². The fourth-order valence-electron chi connectivity index (χ4n) is 2.49. The molecule has 0 bridgehead atoms. The van der Waals surface area contributed by atoms with E-state index < -0.39 is 0 Å². The number of piperazine rings is 1. The monoisotopic (exact) mass is 243 g/mol. The molecule has 0 unspecified atom stereocenters. The van der Waals surface area contributed by atoms with E-state index in [1.165, 1.54) is 0 Å². The third-order valence-corrected chi connectivity index (χ3v) is 3.64. The minimum atomic E-state index is 0.256. The van der Waals surface area contributed by atoms with Gasteiger partial charge in [0.15, 0.2) is 0 Å². The maximum atomic E-state index is 5.17. The Labute approximate surface area is 106 Å². The third kappa shape index (κ3) is 4.92. The first-order valence-corrected chi connectivity index (χ1v) is 6.77. The topological polar surface area (TPSA) is 27.7 Å². The summed E-state index contributed by atoms with van der Waals surface area (Å²) in [5.41, 5.74) is 0.256. The van der Waals surface area contributed by atoms with Gasteiger partial charge in [0.2, 0.25) is 0 Å². The molecule has 0 aromatic rings. The zero-order valence-electron chi connectivity index (χ0n) is 12.0. The van der Waals surface area contributed by atoms with Crippen molar-refractivity contribution >= 4 is 0 Å². The maximum Gasteiger partial charge on any atom is 0.0589 e. The van der Waals surface area contributed by atoms with E-state index >= 15 is 0 Å². The first kappa shape index (κ1) is 14.9. The summed E-state index contributed by atoms with van der Waals surface area (Å²) < 4.78 is 5.17. The first-order chi connectivity index (χ1) is 8.10. The highest BCUT2D eigenvalue weighted by Crippen LogP contribution is 2.16. The lowest BCUT2D eigenvalue weighted by Gasteiger charge is -2.43. The summed E-state index contributed by atoms with van der Waals surface area (Å²) in [4.78, 5) is 5.07. The molecule has 0 aromatic heterocycles. The predicted molar refractivity (Wildman–Crippen MR) is 72.5 cm³/mol. The molecule has 0 radical (unpaired) electrons. The van der Waals surface area contributed by atoms with Gasteiger partial charge in [-0.2, -0.15) is 0 Å². The van der Waals surface area contributed by atoms with Gasteiger partial charge in [0.05, 0.1) is 6.61 Å². The molecule has 0 spiro atoms. The second-order valence-electron chi connectivity index (χ2n) is 5.41. The van der Waals surface area contributed by atoms with Crippen LogP contribution < -0.4 is 5.32 Å². The first-order valence-electron chi connectivity index (χ1n) is 6.77. The molecule has 1 heterocycles. The van der Waals surface area contributed by atoms with E-state index in [-0.39, 0.29) is 5.54 Å². The van der Waals surface area contributed by atoms with Gasteiger partial charge in [0, 0.05) is 51.9 Å². The minimum Gasteiger partial charge on any atom is -0.383 e. The summed E-state index contributed by atoms with van der Waals surface area (Å²) >= 11 is 0. The Morgan fingerprint density at radius 2 is 1.94 bits per heavy atom. The zero-order valence-corrected chi connectivity index (χ0v) is 12.0. The van der Waals surface area contributed by atoms with Gasteiger partial charge in [-0.05, 0) is 20.4 Å². The molecule has 1 rings (SSSR count). The van der Waals surface area contributed by atoms with Crippen molar-refractivity contribution in [1.29, 1.82) is 0 Å². The van der Waals surface area contributed by atoms with Crippen LogP contribution in [-0.4, -0.2) is 74.9 Å². The molecular weight excluding hydrogens is 214 g/mol. The van der Waals surface area contributed by atoms with Crippen LogP contribution in [0.1, 0.15) is 20.8 Å². The second-order valence-corrected chi connectivity index (χ2v) is 5.41. The largest absolute Gasteiger partial charge is 0.383 e. The van der Waals surface area contributed by atoms with Gasteiger partial charge in [0.25, 0.3) is 0 Å². The average Bonchev–Trinajstić information content (AvgIpc) is 2.35. The summed E-state index contributed by atoms with van der Waals surface area (Å²) in [5.74, 6) is 0. The highest BCUT2D eigenvalue weighted by molar-refractivity contribution is 4.87. The van der Waals surface area contributed by atoms with Crippen LogP contribution in [0.4, 0.5) is 0 Å². The van der Waals surface area contributed by atoms with E-state index in [0.29, 0.717) is 0 Å². The molecule has 0 saturated carbocycles. The lowest BCUT2D eigenvalue weighted by molar-refractivity contribution is 0.0544. The fraction of sp³-hybridized carbons (Fsp3) is 1.00. The summed E-state index contributed by atoms with van der Waals surface area (Å²) in [6.45, 7) is 15.6. The Balaban J connectivity index is 2.44. The summed E-state index contributed by atoms with van der Waals surface area (Å²) in [6, 6.07) is 0. The van der Waals surface area contributed by atoms with Crippen molar-refractivity contribution < 1.29 is 4.74 Å². The highest BCUT2D eigenvalue weighted by Gasteiger charge is 2.29. The Kier molecular flexibility index (Phi) is 6.41. The molecule has 1 fully saturated rings. The van der Waals surface area contributed by atoms with E-state index in [4.69, 9.17) is 4.74 Å². The average molecular weight is 243 g/mol. The minimum absolute atomic E-state index is 0.256. The van der Waals surface area contributed by atoms with Crippen LogP contribution in [0.15, 0.2) is 0 Å². The third-order valence-electron chi connectivity index (χ3n) is 3.64. The summed E-state index contributed by atoms with van der Waals surface area (Å²) in [5, 5.41) is 3.41. The van der Waals surface area contributed by atoms with Gasteiger partial charge < -0.3 is 10.1 Å². The Bertz CT molecular complexity index is 203. The van der Waals surface area contributed by atoms with Crippen molar-refractivity contribution in [2.24, 2.45) is 0 Å². The van der Waals surface area contributed by atoms with Crippen LogP contribution in [0.3, 0.4) is 0 Å². The number of hydrogen-bond acceptors (Lipinski definition) is 4. The van der Waals surface area contributed by atoms with Crippen LogP contribution in [0.5, 0.6) is 0 Å². The van der Waals surface area contributed by atoms with Crippen LogP contribution in [0, 0.1) is 0 Å². The smallest absolute Gasteiger partial charge is 0.0589 e. The highest BCUT2D eigenvalue weighted by atomic mass is 16.5. The molecule has 1 aliphatic rings. The van der Waals surface area contributed by atoms with Crippen molar-refractivity contribution in [3.8, 4) is 0 Å². The lowest BCUT2D eigenvalue weighted by atomic mass is 10.0. The van der Waals surface area contributed by atoms with Crippen molar-refractivity contribution in [1.82, 2.24) is 15.1 Å². The molecular formula is C13H29N3O. The molecule has 4 nitrogen and oxygen atoms in total. The Morgan fingerprint density at radius 1 is 1.29 bits per heavy atom. The van der Waals surface area contributed by atoms with Crippen molar-refractivity contribution in [3.63, 3.8) is 0 Å². The molecule has 0 atom stereocenters. The molecule has 0 amide bonds. The van der Waals surface area contributed by atoms with E-state index in [9.17, 15) is 0 Å². The molecule has 0 aromatic carbocycles. The standard InChI is InChI=1S/C13H29N3O/c1-5-15(10-11-17-4)12-13(2,3)16-8-6-14-7-9-16/h14H,5-12H2,1-4H3. The fourth-order valence-corrected chi connectivity index (χ4v) is 2.49. The van der Waals surface area contributed by atoms with Crippen LogP contribution in [0.25, 0.3) is 0 Å². The molecule has 1 N–H and O–H groups in total. The van der Waals surface area contributed by atoms with Crippen molar-refractivity contribution in [2.75, 3.05) is 59.5 Å². The molecule has 1 saturated heterocycles. The van der Waals surface area contributed by atoms with Gasteiger partial charge in [-0.25, -0.2) is 0 Å². The lowest BCUT2D eigenvalue weighted by Crippen LogP contribution is -2.57. The predicted octanol–water partition coefficient (Wildman–Crippen LogP) is 0.639. The number of nitrogens with zero attached hydrogens (tertiary/aromatic N) is 2. The van der Waals surface area contributed by atoms with Crippen LogP contribution >= 0.6 is 0 Å². The van der Waals surface area contributed by atoms with Crippen LogP contribution in [-0.2, 0) is 4.74 Å². The number of ether oxygens (including phenoxy) is 1. The zero-order chi connectivity index (χ0) is 12.7. The Hall–Kier alpha value is -0.160. The van der Waals surface area contributed by atoms with Gasteiger partial charge in [-0.15, -0.1) is 0 Å². The van der Waals surface area contributed by atoms with E-state index in [2.05, 4.69) is 35.9 Å². The Morgan fingerprint density at radius 3 is 2.47 bits per heavy atom. The molecule has 102 valence electrons. The van der Waals surface area contributed by atoms with E-state index in [0.717, 1.165) is 52.4 Å². The molecule has 1 aliphatic heterocycles. The maximum absolute atomic E-state index is 5.17. The van der Waals surface area contributed by atoms with Crippen molar-refractivity contribution in [3.05, 3.63) is 0 Å². The SMILES string of the molecule is CCN(CCOC)CC(C)(C)N1CCNCC1. The quantitative estimate of drug-likeness (QED) is 0.710. The molecule has 17 heavy (non-hydrogen) atoms. The van der Waals surface area contributed by atoms with E-state index in [1.807, 2.05) is 0 Å². The normalized spacial score (nSPS) is 18.9. The van der Waals surface area contributed by atoms with E-state index in [1.54, 1.807) is 7.11 Å². The second kappa shape index (κ2) is 7.31. The van der Waals surface area contributed by atoms with Crippen LogP contribution in [0.2, 0.25) is 0 Å². The van der Waals surface area contributed by atoms with Gasteiger partial charge >= 0.3 is 0 Å². The number of hydrogen-bond donors (Lipinski definition) is 1. The van der Waals surface area contributed by atoms with Gasteiger partial charge in [-0.3, -0.25) is 9.80 Å². The molecule has 4 heteroatoms. The molecule has 0 aliphatic carbocycles. The van der Waals surface area contributed by atoms with Crippen molar-refractivity contribution in [2.45, 2.75) is 26.3 Å². The summed E-state index contributed by atoms with van der Waals surface area (Å²) in [7, 11) is 1.77. The number of likely N-dealkylation sites (N-methyl/N-ethyl adjacent to an activating group) is 1.